The van der Waals surface area contributed by atoms with Crippen molar-refractivity contribution in [2.24, 2.45) is 0 Å². The van der Waals surface area contributed by atoms with Gasteiger partial charge < -0.3 is 15.2 Å². The molecule has 33 heavy (non-hydrogen) atoms. The quantitative estimate of drug-likeness (QED) is 0.188. The van der Waals surface area contributed by atoms with Gasteiger partial charge in [-0.1, -0.05) is 66.2 Å². The Labute approximate surface area is 199 Å². The van der Waals surface area contributed by atoms with Crippen molar-refractivity contribution >= 4 is 40.5 Å². The number of anilines is 1. The van der Waals surface area contributed by atoms with E-state index in [1.807, 2.05) is 0 Å². The predicted molar refractivity (Wildman–Crippen MR) is 139 cm³/mol. The first kappa shape index (κ1) is 23.3. The molecule has 0 atom stereocenters. The van der Waals surface area contributed by atoms with Gasteiger partial charge in [0.2, 0.25) is 0 Å². The second-order valence-electron chi connectivity index (χ2n) is 7.63. The molecule has 0 spiro atoms. The highest BCUT2D eigenvalue weighted by Crippen LogP contribution is 2.55. The average molecular weight is 478 g/mol. The molecular formula is C27H25ClNO3P. The normalized spacial score (nSPS) is 11.2. The van der Waals surface area contributed by atoms with Gasteiger partial charge in [0.05, 0.1) is 23.5 Å². The average Bonchev–Trinajstić information content (AvgIpc) is 2.86. The highest BCUT2D eigenvalue weighted by Gasteiger charge is 2.44. The molecule has 0 radical (unpaired) electrons. The van der Waals surface area contributed by atoms with E-state index in [0.717, 1.165) is 12.6 Å². The van der Waals surface area contributed by atoms with Gasteiger partial charge >= 0.3 is 0 Å². The zero-order valence-electron chi connectivity index (χ0n) is 18.0. The van der Waals surface area contributed by atoms with E-state index < -0.39 is 7.26 Å². The molecule has 0 saturated carbocycles. The lowest BCUT2D eigenvalue weighted by Gasteiger charge is -2.27. The van der Waals surface area contributed by atoms with Crippen LogP contribution in [0.3, 0.4) is 0 Å². The van der Waals surface area contributed by atoms with Crippen LogP contribution in [0.15, 0.2) is 109 Å². The third-order valence-electron chi connectivity index (χ3n) is 5.62. The second-order valence-corrected chi connectivity index (χ2v) is 11.7. The second kappa shape index (κ2) is 10.8. The van der Waals surface area contributed by atoms with Crippen molar-refractivity contribution in [1.82, 2.24) is 0 Å². The Morgan fingerprint density at radius 3 is 1.67 bits per heavy atom. The monoisotopic (exact) mass is 477 g/mol. The van der Waals surface area contributed by atoms with Crippen molar-refractivity contribution in [3.8, 4) is 5.75 Å². The van der Waals surface area contributed by atoms with Crippen LogP contribution in [-0.4, -0.2) is 18.0 Å². The minimum Gasteiger partial charge on any atom is -0.733 e. The summed E-state index contributed by atoms with van der Waals surface area (Å²) in [7, 11) is -1.90. The summed E-state index contributed by atoms with van der Waals surface area (Å²) in [5.74, 6) is 0.491. The Bertz CT molecular complexity index is 1060. The van der Waals surface area contributed by atoms with Crippen LogP contribution in [0.25, 0.3) is 0 Å². The number of rotatable bonds is 9. The summed E-state index contributed by atoms with van der Waals surface area (Å²) in [4.78, 5) is 0. The largest absolute Gasteiger partial charge is 0.733 e. The lowest BCUT2D eigenvalue weighted by Crippen LogP contribution is -2.33. The lowest BCUT2D eigenvalue weighted by molar-refractivity contribution is 0.296. The summed E-state index contributed by atoms with van der Waals surface area (Å²) >= 11 is 6.24. The number of hydrogen-bond acceptors (Lipinski definition) is 4. The molecule has 0 fully saturated rings. The van der Waals surface area contributed by atoms with Gasteiger partial charge in [0.25, 0.3) is 0 Å². The Morgan fingerprint density at radius 1 is 0.758 bits per heavy atom. The Kier molecular flexibility index (Phi) is 7.64. The smallest absolute Gasteiger partial charge is 0.138 e. The van der Waals surface area contributed by atoms with Crippen molar-refractivity contribution in [2.45, 2.75) is 6.42 Å². The van der Waals surface area contributed by atoms with Crippen LogP contribution in [0.2, 0.25) is 5.02 Å². The van der Waals surface area contributed by atoms with Crippen molar-refractivity contribution in [3.63, 3.8) is 0 Å². The van der Waals surface area contributed by atoms with Crippen molar-refractivity contribution in [1.29, 1.82) is 0 Å². The third-order valence-corrected chi connectivity index (χ3v) is 10.4. The predicted octanol–water partition coefficient (Wildman–Crippen LogP) is 5.80. The molecule has 0 aromatic heterocycles. The molecule has 0 unspecified atom stereocenters. The van der Waals surface area contributed by atoms with Gasteiger partial charge in [0.1, 0.15) is 28.9 Å². The van der Waals surface area contributed by atoms with Gasteiger partial charge in [0, 0.05) is 6.42 Å². The molecule has 0 aliphatic carbocycles. The molecule has 168 valence electrons. The fourth-order valence-electron chi connectivity index (χ4n) is 4.09. The maximum Gasteiger partial charge on any atom is 0.138 e. The first-order valence-electron chi connectivity index (χ1n) is 10.7. The van der Waals surface area contributed by atoms with E-state index in [4.69, 9.17) is 21.5 Å². The van der Waals surface area contributed by atoms with Crippen LogP contribution >= 0.6 is 18.9 Å². The molecule has 1 N–H and O–H groups in total. The SMILES string of the molecule is [O-]N(O)c1ccc(OCCC[P+](c2ccccc2)(c2ccccc2)c2ccccc2)c(Cl)c1. The number of benzene rings is 4. The van der Waals surface area contributed by atoms with E-state index in [-0.39, 0.29) is 15.9 Å². The van der Waals surface area contributed by atoms with Crippen molar-refractivity contribution in [2.75, 3.05) is 18.0 Å². The number of hydrogen-bond donors (Lipinski definition) is 1. The molecule has 4 aromatic rings. The van der Waals surface area contributed by atoms with Gasteiger partial charge in [-0.3, -0.25) is 5.21 Å². The molecule has 4 rings (SSSR count). The zero-order valence-corrected chi connectivity index (χ0v) is 19.7. The van der Waals surface area contributed by atoms with Crippen LogP contribution in [0, 0.1) is 5.21 Å². The van der Waals surface area contributed by atoms with Gasteiger partial charge in [-0.25, -0.2) is 0 Å². The van der Waals surface area contributed by atoms with Crippen LogP contribution in [0.4, 0.5) is 5.69 Å². The van der Waals surface area contributed by atoms with E-state index in [2.05, 4.69) is 91.0 Å². The zero-order chi connectivity index (χ0) is 23.1. The van der Waals surface area contributed by atoms with E-state index in [1.165, 1.54) is 28.0 Å². The molecule has 4 aromatic carbocycles. The molecule has 6 heteroatoms. The molecular weight excluding hydrogens is 453 g/mol. The highest BCUT2D eigenvalue weighted by molar-refractivity contribution is 7.95. The molecule has 0 aliphatic rings. The first-order valence-corrected chi connectivity index (χ1v) is 13.1. The molecule has 0 saturated heterocycles. The van der Waals surface area contributed by atoms with Gasteiger partial charge in [-0.05, 0) is 54.6 Å². The summed E-state index contributed by atoms with van der Waals surface area (Å²) in [5.41, 5.74) is 0.0644. The van der Waals surface area contributed by atoms with Gasteiger partial charge in [0.15, 0.2) is 0 Å². The molecule has 0 bridgehead atoms. The van der Waals surface area contributed by atoms with Gasteiger partial charge in [-0.2, -0.15) is 0 Å². The summed E-state index contributed by atoms with van der Waals surface area (Å²) < 4.78 is 5.96. The Balaban J connectivity index is 1.62. The van der Waals surface area contributed by atoms with Crippen LogP contribution < -0.4 is 25.9 Å². The summed E-state index contributed by atoms with van der Waals surface area (Å²) in [5, 5.41) is 24.2. The van der Waals surface area contributed by atoms with Crippen LogP contribution in [0.1, 0.15) is 6.42 Å². The van der Waals surface area contributed by atoms with Crippen LogP contribution in [-0.2, 0) is 0 Å². The summed E-state index contributed by atoms with van der Waals surface area (Å²) in [6.45, 7) is 0.480. The van der Waals surface area contributed by atoms with E-state index >= 15 is 0 Å². The maximum absolute atomic E-state index is 11.1. The Morgan fingerprint density at radius 2 is 1.24 bits per heavy atom. The molecule has 0 amide bonds. The topological polar surface area (TPSA) is 55.8 Å². The number of ether oxygens (including phenoxy) is 1. The molecule has 0 aliphatic heterocycles. The van der Waals surface area contributed by atoms with E-state index in [1.54, 1.807) is 6.07 Å². The minimum absolute atomic E-state index is 0.0644. The maximum atomic E-state index is 11.1. The minimum atomic E-state index is -1.90. The number of nitrogens with zero attached hydrogens (tertiary/aromatic N) is 1. The Hall–Kier alpha value is -2.88. The van der Waals surface area contributed by atoms with Crippen molar-refractivity contribution in [3.05, 3.63) is 119 Å². The van der Waals surface area contributed by atoms with Crippen LogP contribution in [0.5, 0.6) is 5.75 Å². The summed E-state index contributed by atoms with van der Waals surface area (Å²) in [6, 6.07) is 36.6. The van der Waals surface area contributed by atoms with Gasteiger partial charge in [-0.15, -0.1) is 0 Å². The van der Waals surface area contributed by atoms with Crippen molar-refractivity contribution < 1.29 is 9.94 Å². The highest BCUT2D eigenvalue weighted by atomic mass is 35.5. The standard InChI is InChI=1S/C27H25ClNO3P/c28-26-21-22(29(30)31)17-18-27(26)32-19-10-20-33(23-11-4-1-5-12-23,24-13-6-2-7-14-24)25-15-8-3-9-16-25/h1-9,11-18,21,30H,10,19-20H2. The summed E-state index contributed by atoms with van der Waals surface area (Å²) in [6.07, 6.45) is 1.75. The van der Waals surface area contributed by atoms with E-state index in [9.17, 15) is 5.21 Å². The fourth-order valence-corrected chi connectivity index (χ4v) is 8.64. The third kappa shape index (κ3) is 5.21. The number of halogens is 1. The van der Waals surface area contributed by atoms with E-state index in [0.29, 0.717) is 12.4 Å². The first-order chi connectivity index (χ1) is 16.1. The fraction of sp³-hybridized carbons (Fsp3) is 0.111. The lowest BCUT2D eigenvalue weighted by atomic mass is 10.3. The molecule has 4 nitrogen and oxygen atoms in total. The molecule has 0 heterocycles.